The molecule has 0 atom stereocenters. The maximum absolute atomic E-state index is 11.1. The van der Waals surface area contributed by atoms with Gasteiger partial charge in [-0.25, -0.2) is 0 Å². The van der Waals surface area contributed by atoms with Gasteiger partial charge in [0.05, 0.1) is 0 Å². The first-order chi connectivity index (χ1) is 6.63. The lowest BCUT2D eigenvalue weighted by Crippen LogP contribution is -2.13. The number of anilines is 1. The van der Waals surface area contributed by atoms with Gasteiger partial charge in [0, 0.05) is 5.69 Å². The first kappa shape index (κ1) is 10.2. The summed E-state index contributed by atoms with van der Waals surface area (Å²) in [5.74, 6) is -0.443. The summed E-state index contributed by atoms with van der Waals surface area (Å²) in [7, 11) is 0. The number of nitrogens with one attached hydrogen (secondary N) is 1. The molecule has 0 bridgehead atoms. The van der Waals surface area contributed by atoms with Crippen molar-refractivity contribution in [2.75, 3.05) is 5.32 Å². The summed E-state index contributed by atoms with van der Waals surface area (Å²) in [5, 5.41) is 13.4. The molecule has 0 saturated carbocycles. The Balaban J connectivity index is 2.85. The topological polar surface area (TPSA) is 61.7 Å². The minimum absolute atomic E-state index is 0.443. The summed E-state index contributed by atoms with van der Waals surface area (Å²) in [6.45, 7) is 3.83. The van der Waals surface area contributed by atoms with E-state index in [9.17, 15) is 4.79 Å². The van der Waals surface area contributed by atoms with Gasteiger partial charge in [-0.15, -0.1) is 0 Å². The van der Waals surface area contributed by atoms with Crippen LogP contribution in [0.25, 0.3) is 0 Å². The second kappa shape index (κ2) is 4.41. The number of benzene rings is 1. The van der Waals surface area contributed by atoms with E-state index in [2.05, 4.69) is 10.5 Å². The number of nitrogens with zero attached hydrogens (tertiary/aromatic N) is 1. The first-order valence-corrected chi connectivity index (χ1v) is 4.19. The molecule has 0 radical (unpaired) electrons. The zero-order valence-corrected chi connectivity index (χ0v) is 8.11. The van der Waals surface area contributed by atoms with Crippen LogP contribution in [0.4, 0.5) is 5.69 Å². The molecule has 0 aliphatic carbocycles. The van der Waals surface area contributed by atoms with Crippen molar-refractivity contribution in [1.82, 2.24) is 0 Å². The Hall–Kier alpha value is -1.84. The van der Waals surface area contributed by atoms with E-state index in [4.69, 9.17) is 5.21 Å². The van der Waals surface area contributed by atoms with Crippen molar-refractivity contribution in [3.63, 3.8) is 0 Å². The standard InChI is InChI=1S/C10H12N2O2/c1-7-3-4-8(2)9(5-7)12-10(13)6-11-14/h3-6,14H,1-2H3,(H,12,13)/b11-6+. The Morgan fingerprint density at radius 2 is 2.21 bits per heavy atom. The fourth-order valence-corrected chi connectivity index (χ4v) is 1.09. The Morgan fingerprint density at radius 1 is 1.50 bits per heavy atom. The number of carbonyl (C=O) groups excluding carboxylic acids is 1. The average molecular weight is 192 g/mol. The zero-order valence-electron chi connectivity index (χ0n) is 8.11. The summed E-state index contributed by atoms with van der Waals surface area (Å²) in [6.07, 6.45) is 0.821. The molecule has 1 amide bonds. The highest BCUT2D eigenvalue weighted by Crippen LogP contribution is 2.15. The predicted molar refractivity (Wildman–Crippen MR) is 54.8 cm³/mol. The molecule has 1 aromatic rings. The SMILES string of the molecule is Cc1ccc(C)c(NC(=O)/C=N/O)c1. The molecular weight excluding hydrogens is 180 g/mol. The third-order valence-electron chi connectivity index (χ3n) is 1.83. The summed E-state index contributed by atoms with van der Waals surface area (Å²) >= 11 is 0. The molecule has 0 fully saturated rings. The highest BCUT2D eigenvalue weighted by Gasteiger charge is 2.01. The predicted octanol–water partition coefficient (Wildman–Crippen LogP) is 1.70. The second-order valence-electron chi connectivity index (χ2n) is 3.05. The molecule has 14 heavy (non-hydrogen) atoms. The highest BCUT2D eigenvalue weighted by molar-refractivity contribution is 6.31. The van der Waals surface area contributed by atoms with Crippen molar-refractivity contribution >= 4 is 17.8 Å². The Morgan fingerprint density at radius 3 is 2.86 bits per heavy atom. The van der Waals surface area contributed by atoms with E-state index < -0.39 is 5.91 Å². The fourth-order valence-electron chi connectivity index (χ4n) is 1.09. The Labute approximate surface area is 82.2 Å². The maximum Gasteiger partial charge on any atom is 0.270 e. The normalized spacial score (nSPS) is 10.4. The van der Waals surface area contributed by atoms with Gasteiger partial charge >= 0.3 is 0 Å². The first-order valence-electron chi connectivity index (χ1n) is 4.19. The lowest BCUT2D eigenvalue weighted by Gasteiger charge is -2.06. The number of hydrogen-bond donors (Lipinski definition) is 2. The molecule has 0 aliphatic heterocycles. The molecule has 0 aromatic heterocycles. The van der Waals surface area contributed by atoms with Crippen LogP contribution in [0.3, 0.4) is 0 Å². The van der Waals surface area contributed by atoms with E-state index in [1.807, 2.05) is 32.0 Å². The third kappa shape index (κ3) is 2.58. The summed E-state index contributed by atoms with van der Waals surface area (Å²) in [5.41, 5.74) is 2.76. The third-order valence-corrected chi connectivity index (χ3v) is 1.83. The molecule has 0 heterocycles. The van der Waals surface area contributed by atoms with Gasteiger partial charge in [0.2, 0.25) is 0 Å². The van der Waals surface area contributed by atoms with Gasteiger partial charge in [-0.1, -0.05) is 17.3 Å². The van der Waals surface area contributed by atoms with Gasteiger partial charge in [0.1, 0.15) is 6.21 Å². The van der Waals surface area contributed by atoms with E-state index in [-0.39, 0.29) is 0 Å². The van der Waals surface area contributed by atoms with Crippen molar-refractivity contribution in [2.24, 2.45) is 5.16 Å². The van der Waals surface area contributed by atoms with Crippen LogP contribution in [-0.2, 0) is 4.79 Å². The summed E-state index contributed by atoms with van der Waals surface area (Å²) in [4.78, 5) is 11.1. The van der Waals surface area contributed by atoms with Crippen LogP contribution in [0.2, 0.25) is 0 Å². The van der Waals surface area contributed by atoms with Crippen molar-refractivity contribution in [3.05, 3.63) is 29.3 Å². The number of hydrogen-bond acceptors (Lipinski definition) is 3. The smallest absolute Gasteiger partial charge is 0.270 e. The molecule has 1 rings (SSSR count). The van der Waals surface area contributed by atoms with Crippen LogP contribution in [0.15, 0.2) is 23.4 Å². The molecule has 0 saturated heterocycles. The van der Waals surface area contributed by atoms with Gasteiger partial charge in [-0.3, -0.25) is 4.79 Å². The highest BCUT2D eigenvalue weighted by atomic mass is 16.4. The lowest BCUT2D eigenvalue weighted by molar-refractivity contribution is -0.110. The van der Waals surface area contributed by atoms with Crippen LogP contribution in [0, 0.1) is 13.8 Å². The van der Waals surface area contributed by atoms with Gasteiger partial charge in [-0.2, -0.15) is 0 Å². The van der Waals surface area contributed by atoms with Crippen LogP contribution in [0.5, 0.6) is 0 Å². The van der Waals surface area contributed by atoms with E-state index in [0.29, 0.717) is 0 Å². The number of oxime groups is 1. The lowest BCUT2D eigenvalue weighted by atomic mass is 10.1. The molecule has 0 unspecified atom stereocenters. The van der Waals surface area contributed by atoms with Crippen molar-refractivity contribution < 1.29 is 10.0 Å². The minimum atomic E-state index is -0.443. The quantitative estimate of drug-likeness (QED) is 0.425. The molecule has 2 N–H and O–H groups in total. The van der Waals surface area contributed by atoms with E-state index in [0.717, 1.165) is 23.0 Å². The van der Waals surface area contributed by atoms with E-state index in [1.54, 1.807) is 0 Å². The number of aryl methyl sites for hydroxylation is 2. The van der Waals surface area contributed by atoms with Crippen LogP contribution in [-0.4, -0.2) is 17.3 Å². The van der Waals surface area contributed by atoms with Gasteiger partial charge in [0.15, 0.2) is 0 Å². The van der Waals surface area contributed by atoms with E-state index in [1.165, 1.54) is 0 Å². The van der Waals surface area contributed by atoms with Crippen LogP contribution >= 0.6 is 0 Å². The Bertz CT molecular complexity index is 372. The van der Waals surface area contributed by atoms with Gasteiger partial charge < -0.3 is 10.5 Å². The second-order valence-corrected chi connectivity index (χ2v) is 3.05. The zero-order chi connectivity index (χ0) is 10.6. The molecule has 0 aliphatic rings. The maximum atomic E-state index is 11.1. The fraction of sp³-hybridized carbons (Fsp3) is 0.200. The number of amides is 1. The summed E-state index contributed by atoms with van der Waals surface area (Å²) < 4.78 is 0. The van der Waals surface area contributed by atoms with E-state index >= 15 is 0 Å². The van der Waals surface area contributed by atoms with Crippen LogP contribution in [0.1, 0.15) is 11.1 Å². The average Bonchev–Trinajstić information content (AvgIpc) is 2.12. The molecule has 74 valence electrons. The number of carbonyl (C=O) groups is 1. The minimum Gasteiger partial charge on any atom is -0.411 e. The monoisotopic (exact) mass is 192 g/mol. The van der Waals surface area contributed by atoms with Crippen molar-refractivity contribution in [3.8, 4) is 0 Å². The molecule has 4 nitrogen and oxygen atoms in total. The van der Waals surface area contributed by atoms with Gasteiger partial charge in [0.25, 0.3) is 5.91 Å². The van der Waals surface area contributed by atoms with Crippen molar-refractivity contribution in [2.45, 2.75) is 13.8 Å². The summed E-state index contributed by atoms with van der Waals surface area (Å²) in [6, 6.07) is 5.74. The molecular formula is C10H12N2O2. The molecule has 1 aromatic carbocycles. The largest absolute Gasteiger partial charge is 0.411 e. The van der Waals surface area contributed by atoms with Gasteiger partial charge in [-0.05, 0) is 31.0 Å². The number of rotatable bonds is 2. The van der Waals surface area contributed by atoms with Crippen LogP contribution < -0.4 is 5.32 Å². The molecule has 0 spiro atoms. The molecule has 4 heteroatoms. The van der Waals surface area contributed by atoms with Crippen molar-refractivity contribution in [1.29, 1.82) is 0 Å². The Kier molecular flexibility index (Phi) is 3.23.